The molecule has 1 N–H and O–H groups in total. The van der Waals surface area contributed by atoms with Gasteiger partial charge in [-0.1, -0.05) is 23.3 Å². The van der Waals surface area contributed by atoms with Crippen molar-refractivity contribution in [2.24, 2.45) is 0 Å². The molecule has 94 valence electrons. The minimum Gasteiger partial charge on any atom is -0.340 e. The second-order valence-electron chi connectivity index (χ2n) is 4.24. The van der Waals surface area contributed by atoms with Crippen LogP contribution in [0.25, 0.3) is 15.2 Å². The second-order valence-corrected chi connectivity index (χ2v) is 5.25. The van der Waals surface area contributed by atoms with Crippen LogP contribution in [0.4, 0.5) is 0 Å². The predicted octanol–water partition coefficient (Wildman–Crippen LogP) is 2.22. The highest BCUT2D eigenvalue weighted by molar-refractivity contribution is 7.23. The van der Waals surface area contributed by atoms with E-state index in [0.717, 1.165) is 15.2 Å². The maximum atomic E-state index is 11.8. The zero-order chi connectivity index (χ0) is 13.4. The highest BCUT2D eigenvalue weighted by atomic mass is 32.1. The van der Waals surface area contributed by atoms with E-state index in [4.69, 9.17) is 6.42 Å². The Hall–Kier alpha value is -2.32. The van der Waals surface area contributed by atoms with E-state index in [-0.39, 0.29) is 12.5 Å². The van der Waals surface area contributed by atoms with Crippen LogP contribution < -0.4 is 5.32 Å². The fourth-order valence-corrected chi connectivity index (χ4v) is 3.05. The molecule has 0 saturated heterocycles. The Morgan fingerprint density at radius 1 is 1.58 bits per heavy atom. The molecule has 3 aromatic rings. The minimum atomic E-state index is -0.242. The highest BCUT2D eigenvalue weighted by Gasteiger charge is 2.13. The van der Waals surface area contributed by atoms with Gasteiger partial charge in [0.05, 0.1) is 16.8 Å². The maximum Gasteiger partial charge on any atom is 0.272 e. The number of thiazole rings is 1. The van der Waals surface area contributed by atoms with Gasteiger partial charge in [0.1, 0.15) is 5.69 Å². The van der Waals surface area contributed by atoms with Crippen LogP contribution in [0.15, 0.2) is 24.4 Å². The molecule has 0 bridgehead atoms. The molecule has 0 fully saturated rings. The van der Waals surface area contributed by atoms with Crippen LogP contribution in [-0.4, -0.2) is 21.8 Å². The molecule has 4 nitrogen and oxygen atoms in total. The molecule has 3 rings (SSSR count). The number of benzene rings is 1. The molecule has 2 aromatic heterocycles. The average Bonchev–Trinajstić information content (AvgIpc) is 2.92. The maximum absolute atomic E-state index is 11.8. The third-order valence-corrected chi connectivity index (χ3v) is 3.85. The van der Waals surface area contributed by atoms with Crippen LogP contribution in [0.1, 0.15) is 16.1 Å². The standard InChI is InChI=1S/C14H11N3OS/c1-3-6-15-13(18)10-8-17-11-5-4-9(2)7-12(11)19-14(17)16-10/h1,4-5,7-8H,6H2,2H3,(H,15,18). The van der Waals surface area contributed by atoms with Crippen molar-refractivity contribution in [2.45, 2.75) is 6.92 Å². The molecule has 5 heteroatoms. The molecular weight excluding hydrogens is 258 g/mol. The topological polar surface area (TPSA) is 46.4 Å². The zero-order valence-corrected chi connectivity index (χ0v) is 11.1. The number of imidazole rings is 1. The van der Waals surface area contributed by atoms with Crippen LogP contribution in [-0.2, 0) is 0 Å². The van der Waals surface area contributed by atoms with Gasteiger partial charge in [-0.05, 0) is 24.6 Å². The normalized spacial score (nSPS) is 10.7. The van der Waals surface area contributed by atoms with Crippen molar-refractivity contribution in [1.29, 1.82) is 0 Å². The van der Waals surface area contributed by atoms with Gasteiger partial charge in [0.2, 0.25) is 0 Å². The molecule has 0 unspecified atom stereocenters. The number of hydrogen-bond acceptors (Lipinski definition) is 3. The van der Waals surface area contributed by atoms with Gasteiger partial charge in [0.15, 0.2) is 4.96 Å². The van der Waals surface area contributed by atoms with Gasteiger partial charge in [0, 0.05) is 6.20 Å². The van der Waals surface area contributed by atoms with Crippen LogP contribution in [0.3, 0.4) is 0 Å². The lowest BCUT2D eigenvalue weighted by atomic mass is 10.2. The fourth-order valence-electron chi connectivity index (χ4n) is 1.94. The number of carbonyl (C=O) groups is 1. The summed E-state index contributed by atoms with van der Waals surface area (Å²) in [7, 11) is 0. The van der Waals surface area contributed by atoms with E-state index < -0.39 is 0 Å². The van der Waals surface area contributed by atoms with Crippen LogP contribution in [0.2, 0.25) is 0 Å². The Morgan fingerprint density at radius 2 is 2.42 bits per heavy atom. The summed E-state index contributed by atoms with van der Waals surface area (Å²) in [5.74, 6) is 2.13. The number of carbonyl (C=O) groups excluding carboxylic acids is 1. The molecule has 0 saturated carbocycles. The predicted molar refractivity (Wildman–Crippen MR) is 76.5 cm³/mol. The monoisotopic (exact) mass is 269 g/mol. The molecule has 0 atom stereocenters. The molecule has 1 amide bonds. The fraction of sp³-hybridized carbons (Fsp3) is 0.143. The summed E-state index contributed by atoms with van der Waals surface area (Å²) in [6.07, 6.45) is 6.86. The third-order valence-electron chi connectivity index (χ3n) is 2.83. The summed E-state index contributed by atoms with van der Waals surface area (Å²) in [5, 5.41) is 2.61. The first-order valence-corrected chi connectivity index (χ1v) is 6.60. The van der Waals surface area contributed by atoms with E-state index in [2.05, 4.69) is 29.2 Å². The molecule has 0 radical (unpaired) electrons. The molecule has 19 heavy (non-hydrogen) atoms. The van der Waals surface area contributed by atoms with E-state index in [0.29, 0.717) is 5.69 Å². The quantitative estimate of drug-likeness (QED) is 0.725. The third kappa shape index (κ3) is 1.96. The van der Waals surface area contributed by atoms with Gasteiger partial charge >= 0.3 is 0 Å². The van der Waals surface area contributed by atoms with Crippen LogP contribution in [0, 0.1) is 19.3 Å². The summed E-state index contributed by atoms with van der Waals surface area (Å²) < 4.78 is 3.10. The molecule has 0 spiro atoms. The van der Waals surface area contributed by atoms with Crippen molar-refractivity contribution in [3.05, 3.63) is 35.7 Å². The number of aromatic nitrogens is 2. The van der Waals surface area contributed by atoms with Crippen molar-refractivity contribution in [3.8, 4) is 12.3 Å². The number of nitrogens with one attached hydrogen (secondary N) is 1. The second kappa shape index (κ2) is 4.41. The molecule has 0 aliphatic carbocycles. The van der Waals surface area contributed by atoms with Gasteiger partial charge in [-0.25, -0.2) is 4.98 Å². The first-order chi connectivity index (χ1) is 9.19. The van der Waals surface area contributed by atoms with Crippen molar-refractivity contribution >= 4 is 32.4 Å². The molecule has 0 aliphatic heterocycles. The summed E-state index contributed by atoms with van der Waals surface area (Å²) in [5.41, 5.74) is 2.67. The lowest BCUT2D eigenvalue weighted by Crippen LogP contribution is -2.23. The van der Waals surface area contributed by atoms with E-state index in [1.807, 2.05) is 16.5 Å². The number of fused-ring (bicyclic) bond motifs is 3. The van der Waals surface area contributed by atoms with Crippen LogP contribution >= 0.6 is 11.3 Å². The largest absolute Gasteiger partial charge is 0.340 e. The van der Waals surface area contributed by atoms with E-state index >= 15 is 0 Å². The summed E-state index contributed by atoms with van der Waals surface area (Å²) in [6, 6.07) is 6.21. The number of nitrogens with zero attached hydrogens (tertiary/aromatic N) is 2. The van der Waals surface area contributed by atoms with Gasteiger partial charge in [-0.2, -0.15) is 0 Å². The Kier molecular flexibility index (Phi) is 2.73. The first-order valence-electron chi connectivity index (χ1n) is 5.79. The minimum absolute atomic E-state index is 0.212. The Morgan fingerprint density at radius 3 is 3.21 bits per heavy atom. The van der Waals surface area contributed by atoms with E-state index in [9.17, 15) is 4.79 Å². The summed E-state index contributed by atoms with van der Waals surface area (Å²) in [4.78, 5) is 16.9. The molecule has 0 aliphatic rings. The summed E-state index contributed by atoms with van der Waals surface area (Å²) in [6.45, 7) is 2.27. The number of hydrogen-bond donors (Lipinski definition) is 1. The Balaban J connectivity index is 2.07. The lowest BCUT2D eigenvalue weighted by Gasteiger charge is -1.96. The highest BCUT2D eigenvalue weighted by Crippen LogP contribution is 2.27. The van der Waals surface area contributed by atoms with Gasteiger partial charge < -0.3 is 5.32 Å². The van der Waals surface area contributed by atoms with Crippen LogP contribution in [0.5, 0.6) is 0 Å². The van der Waals surface area contributed by atoms with Crippen molar-refractivity contribution in [1.82, 2.24) is 14.7 Å². The molecule has 1 aromatic carbocycles. The number of terminal acetylenes is 1. The van der Waals surface area contributed by atoms with E-state index in [1.165, 1.54) is 5.56 Å². The van der Waals surface area contributed by atoms with Gasteiger partial charge in [-0.3, -0.25) is 9.20 Å². The van der Waals surface area contributed by atoms with Crippen molar-refractivity contribution in [3.63, 3.8) is 0 Å². The first kappa shape index (κ1) is 11.8. The number of amides is 1. The van der Waals surface area contributed by atoms with Crippen molar-refractivity contribution in [2.75, 3.05) is 6.54 Å². The van der Waals surface area contributed by atoms with Gasteiger partial charge in [-0.15, -0.1) is 6.42 Å². The Labute approximate surface area is 114 Å². The van der Waals surface area contributed by atoms with E-state index in [1.54, 1.807) is 17.5 Å². The smallest absolute Gasteiger partial charge is 0.272 e. The number of aryl methyl sites for hydroxylation is 1. The van der Waals surface area contributed by atoms with Crippen molar-refractivity contribution < 1.29 is 4.79 Å². The lowest BCUT2D eigenvalue weighted by molar-refractivity contribution is 0.0954. The molecular formula is C14H11N3OS. The average molecular weight is 269 g/mol. The SMILES string of the molecule is C#CCNC(=O)c1cn2c(n1)sc1cc(C)ccc12. The molecule has 2 heterocycles. The Bertz CT molecular complexity index is 822. The number of rotatable bonds is 2. The van der Waals surface area contributed by atoms with Gasteiger partial charge in [0.25, 0.3) is 5.91 Å². The summed E-state index contributed by atoms with van der Waals surface area (Å²) >= 11 is 1.57. The zero-order valence-electron chi connectivity index (χ0n) is 10.3.